The fourth-order valence-corrected chi connectivity index (χ4v) is 3.82. The number of ether oxygens (including phenoxy) is 1. The molecule has 3 heterocycles. The van der Waals surface area contributed by atoms with E-state index in [1.165, 1.54) is 12.1 Å². The van der Waals surface area contributed by atoms with E-state index in [0.29, 0.717) is 17.3 Å². The molecule has 6 nitrogen and oxygen atoms in total. The zero-order valence-electron chi connectivity index (χ0n) is 15.3. The second kappa shape index (κ2) is 8.19. The van der Waals surface area contributed by atoms with Gasteiger partial charge in [-0.2, -0.15) is 5.10 Å². The molecule has 1 aromatic carbocycles. The van der Waals surface area contributed by atoms with Gasteiger partial charge in [-0.15, -0.1) is 0 Å². The number of carbonyl (C=O) groups is 1. The van der Waals surface area contributed by atoms with Crippen molar-refractivity contribution in [1.82, 2.24) is 20.4 Å². The molecule has 1 unspecified atom stereocenters. The highest BCUT2D eigenvalue weighted by Crippen LogP contribution is 2.20. The van der Waals surface area contributed by atoms with Crippen LogP contribution in [0.5, 0.6) is 0 Å². The Labute approximate surface area is 158 Å². The maximum absolute atomic E-state index is 13.0. The van der Waals surface area contributed by atoms with Crippen molar-refractivity contribution < 1.29 is 13.9 Å². The van der Waals surface area contributed by atoms with Crippen LogP contribution in [0.2, 0.25) is 0 Å². The number of H-pyrrole nitrogens is 1. The van der Waals surface area contributed by atoms with Crippen molar-refractivity contribution in [2.24, 2.45) is 5.92 Å². The summed E-state index contributed by atoms with van der Waals surface area (Å²) in [6.45, 7) is 4.88. The van der Waals surface area contributed by atoms with Crippen molar-refractivity contribution >= 4 is 5.91 Å². The largest absolute Gasteiger partial charge is 0.381 e. The Bertz CT molecular complexity index is 763. The third kappa shape index (κ3) is 4.54. The number of likely N-dealkylation sites (tertiary alicyclic amines) is 1. The van der Waals surface area contributed by atoms with Crippen LogP contribution in [0.25, 0.3) is 11.3 Å². The van der Waals surface area contributed by atoms with Crippen molar-refractivity contribution in [3.63, 3.8) is 0 Å². The average molecular weight is 372 g/mol. The molecular formula is C20H25FN4O2. The molecule has 2 N–H and O–H groups in total. The van der Waals surface area contributed by atoms with Gasteiger partial charge in [0.05, 0.1) is 12.3 Å². The molecule has 4 rings (SSSR count). The van der Waals surface area contributed by atoms with Gasteiger partial charge in [0.15, 0.2) is 0 Å². The number of hydrogen-bond acceptors (Lipinski definition) is 4. The fraction of sp³-hybridized carbons (Fsp3) is 0.500. The number of amides is 1. The number of carbonyl (C=O) groups excluding carboxylic acids is 1. The first-order chi connectivity index (χ1) is 13.2. The number of halogens is 1. The molecule has 2 fully saturated rings. The Hall–Kier alpha value is -2.25. The zero-order valence-corrected chi connectivity index (χ0v) is 15.3. The Kier molecular flexibility index (Phi) is 5.50. The topological polar surface area (TPSA) is 70.2 Å². The molecule has 1 atom stereocenters. The van der Waals surface area contributed by atoms with Crippen molar-refractivity contribution in [3.8, 4) is 11.3 Å². The van der Waals surface area contributed by atoms with E-state index in [2.05, 4.69) is 20.4 Å². The number of aromatic nitrogens is 2. The van der Waals surface area contributed by atoms with Crippen LogP contribution in [0.15, 0.2) is 30.3 Å². The predicted molar refractivity (Wildman–Crippen MR) is 99.8 cm³/mol. The van der Waals surface area contributed by atoms with Crippen LogP contribution in [-0.2, 0) is 4.74 Å². The van der Waals surface area contributed by atoms with Crippen LogP contribution < -0.4 is 5.32 Å². The minimum absolute atomic E-state index is 0.140. The van der Waals surface area contributed by atoms with Gasteiger partial charge in [-0.25, -0.2) is 4.39 Å². The first kappa shape index (κ1) is 18.1. The summed E-state index contributed by atoms with van der Waals surface area (Å²) in [5.41, 5.74) is 1.84. The van der Waals surface area contributed by atoms with Crippen molar-refractivity contribution in [1.29, 1.82) is 0 Å². The molecule has 2 aliphatic rings. The molecule has 0 saturated carbocycles. The highest BCUT2D eigenvalue weighted by Gasteiger charge is 2.25. The summed E-state index contributed by atoms with van der Waals surface area (Å²) < 4.78 is 18.5. The number of benzene rings is 1. The highest BCUT2D eigenvalue weighted by atomic mass is 19.1. The van der Waals surface area contributed by atoms with E-state index in [0.717, 1.165) is 57.7 Å². The normalized spacial score (nSPS) is 21.4. The van der Waals surface area contributed by atoms with Gasteiger partial charge < -0.3 is 15.0 Å². The number of piperidine rings is 1. The summed E-state index contributed by atoms with van der Waals surface area (Å²) in [6.07, 6.45) is 3.07. The number of rotatable bonds is 5. The highest BCUT2D eigenvalue weighted by molar-refractivity contribution is 5.93. The van der Waals surface area contributed by atoms with E-state index in [4.69, 9.17) is 4.74 Å². The molecule has 2 aromatic rings. The maximum atomic E-state index is 13.0. The molecule has 2 aliphatic heterocycles. The number of aromatic amines is 1. The molecule has 0 aliphatic carbocycles. The van der Waals surface area contributed by atoms with Crippen LogP contribution in [-0.4, -0.2) is 59.9 Å². The van der Waals surface area contributed by atoms with Gasteiger partial charge in [-0.1, -0.05) is 0 Å². The third-order valence-electron chi connectivity index (χ3n) is 5.43. The molecule has 7 heteroatoms. The predicted octanol–water partition coefficient (Wildman–Crippen LogP) is 2.45. The van der Waals surface area contributed by atoms with Gasteiger partial charge in [-0.05, 0) is 55.5 Å². The minimum atomic E-state index is -0.293. The Balaban J connectivity index is 1.28. The molecule has 2 saturated heterocycles. The molecule has 27 heavy (non-hydrogen) atoms. The lowest BCUT2D eigenvalue weighted by Crippen LogP contribution is -2.45. The summed E-state index contributed by atoms with van der Waals surface area (Å²) in [4.78, 5) is 15.0. The SMILES string of the molecule is O=C(NC1CCN(CC2CCOC2)CC1)c1cc(-c2ccc(F)cc2)n[nH]1. The Morgan fingerprint density at radius 2 is 2.04 bits per heavy atom. The van der Waals surface area contributed by atoms with E-state index in [1.807, 2.05) is 0 Å². The molecule has 144 valence electrons. The van der Waals surface area contributed by atoms with Crippen LogP contribution in [0.3, 0.4) is 0 Å². The Morgan fingerprint density at radius 3 is 2.74 bits per heavy atom. The molecular weight excluding hydrogens is 347 g/mol. The van der Waals surface area contributed by atoms with Gasteiger partial charge in [0, 0.05) is 37.8 Å². The summed E-state index contributed by atoms with van der Waals surface area (Å²) in [5.74, 6) is 0.226. The molecule has 0 bridgehead atoms. The van der Waals surface area contributed by atoms with Crippen LogP contribution in [0.4, 0.5) is 4.39 Å². The van der Waals surface area contributed by atoms with Crippen molar-refractivity contribution in [2.45, 2.75) is 25.3 Å². The lowest BCUT2D eigenvalue weighted by atomic mass is 10.0. The summed E-state index contributed by atoms with van der Waals surface area (Å²) in [5, 5.41) is 10.1. The van der Waals surface area contributed by atoms with Gasteiger partial charge in [0.2, 0.25) is 0 Å². The molecule has 1 aromatic heterocycles. The van der Waals surface area contributed by atoms with E-state index in [-0.39, 0.29) is 17.8 Å². The van der Waals surface area contributed by atoms with Gasteiger partial charge in [-0.3, -0.25) is 9.89 Å². The van der Waals surface area contributed by atoms with E-state index >= 15 is 0 Å². The van der Waals surface area contributed by atoms with Crippen LogP contribution in [0.1, 0.15) is 29.8 Å². The molecule has 0 radical (unpaired) electrons. The zero-order chi connectivity index (χ0) is 18.6. The molecule has 1 amide bonds. The average Bonchev–Trinajstić information content (AvgIpc) is 3.36. The monoisotopic (exact) mass is 372 g/mol. The first-order valence-corrected chi connectivity index (χ1v) is 9.59. The van der Waals surface area contributed by atoms with Crippen molar-refractivity contribution in [2.75, 3.05) is 32.8 Å². The summed E-state index contributed by atoms with van der Waals surface area (Å²) in [7, 11) is 0. The summed E-state index contributed by atoms with van der Waals surface area (Å²) >= 11 is 0. The smallest absolute Gasteiger partial charge is 0.269 e. The number of hydrogen-bond donors (Lipinski definition) is 2. The Morgan fingerprint density at radius 1 is 1.26 bits per heavy atom. The second-order valence-electron chi connectivity index (χ2n) is 7.45. The lowest BCUT2D eigenvalue weighted by Gasteiger charge is -2.33. The standard InChI is InChI=1S/C20H25FN4O2/c21-16-3-1-15(2-4-16)18-11-19(24-23-18)20(26)22-17-5-8-25(9-6-17)12-14-7-10-27-13-14/h1-4,11,14,17H,5-10,12-13H2,(H,22,26)(H,23,24). The van der Waals surface area contributed by atoms with E-state index in [1.54, 1.807) is 18.2 Å². The van der Waals surface area contributed by atoms with E-state index < -0.39 is 0 Å². The third-order valence-corrected chi connectivity index (χ3v) is 5.43. The van der Waals surface area contributed by atoms with Crippen LogP contribution in [0, 0.1) is 11.7 Å². The quantitative estimate of drug-likeness (QED) is 0.846. The minimum Gasteiger partial charge on any atom is -0.381 e. The lowest BCUT2D eigenvalue weighted by molar-refractivity contribution is 0.0898. The van der Waals surface area contributed by atoms with Crippen LogP contribution >= 0.6 is 0 Å². The number of nitrogens with one attached hydrogen (secondary N) is 2. The van der Waals surface area contributed by atoms with E-state index in [9.17, 15) is 9.18 Å². The van der Waals surface area contributed by atoms with Gasteiger partial charge in [0.25, 0.3) is 5.91 Å². The second-order valence-corrected chi connectivity index (χ2v) is 7.45. The fourth-order valence-electron chi connectivity index (χ4n) is 3.82. The first-order valence-electron chi connectivity index (χ1n) is 9.59. The maximum Gasteiger partial charge on any atom is 0.269 e. The summed E-state index contributed by atoms with van der Waals surface area (Å²) in [6, 6.07) is 7.96. The van der Waals surface area contributed by atoms with Crippen molar-refractivity contribution in [3.05, 3.63) is 41.8 Å². The number of nitrogens with zero attached hydrogens (tertiary/aromatic N) is 2. The molecule has 0 spiro atoms. The van der Waals surface area contributed by atoms with Gasteiger partial charge >= 0.3 is 0 Å². The van der Waals surface area contributed by atoms with Gasteiger partial charge in [0.1, 0.15) is 11.5 Å².